The van der Waals surface area contributed by atoms with Crippen LogP contribution < -0.4 is 34.1 Å². The summed E-state index contributed by atoms with van der Waals surface area (Å²) in [6.07, 6.45) is -0.324. The van der Waals surface area contributed by atoms with Crippen LogP contribution in [0, 0.1) is 11.8 Å². The number of carbonyl (C=O) groups excluding carboxylic acids is 3. The minimum atomic E-state index is -1.55. The molecule has 37 heavy (non-hydrogen) atoms. The predicted molar refractivity (Wildman–Crippen MR) is 128 cm³/mol. The molecule has 4 atom stereocenters. The zero-order chi connectivity index (χ0) is 27.6. The van der Waals surface area contributed by atoms with Gasteiger partial charge in [-0.25, -0.2) is 4.79 Å². The molecule has 0 saturated heterocycles. The standard InChI is InChI=1S/C24H36N4O8.ClH/c1-12(2)9-17(26-21(32)16(25)10-14-5-7-15(29)8-6-14)22(33)27-18(11-19(30)31)23(34)28-20(13(3)4)24(35)36;/h5-8,12-13,16-18,20,29H,9-11,25H2,1-4H3,(H,26,32)(H,27,33)(H,28,34)(H,30,31)(H,35,36);1H/t16-,17-,18-,20-;/m0./s1. The molecule has 3 amide bonds. The Bertz CT molecular complexity index is 939. The Balaban J connectivity index is 0.0000130. The molecule has 1 aromatic rings. The van der Waals surface area contributed by atoms with Crippen molar-refractivity contribution in [1.82, 2.24) is 16.0 Å². The van der Waals surface area contributed by atoms with Crippen LogP contribution in [0.5, 0.6) is 5.75 Å². The van der Waals surface area contributed by atoms with Crippen molar-refractivity contribution in [2.45, 2.75) is 71.1 Å². The van der Waals surface area contributed by atoms with Gasteiger partial charge in [-0.2, -0.15) is 0 Å². The third-order valence-corrected chi connectivity index (χ3v) is 5.37. The number of rotatable bonds is 14. The second-order valence-corrected chi connectivity index (χ2v) is 9.49. The Morgan fingerprint density at radius 1 is 0.838 bits per heavy atom. The average Bonchev–Trinajstić information content (AvgIpc) is 2.76. The SMILES string of the molecule is CC(C)C[C@H](NC(=O)[C@@H]([NH3+])Cc1ccc(O)cc1)C(=O)N[C@@H](CC(=O)O)C(=O)N[C@H](C(=O)O)C(C)C.[Cl-]. The van der Waals surface area contributed by atoms with Crippen LogP contribution in [0.15, 0.2) is 24.3 Å². The van der Waals surface area contributed by atoms with E-state index in [1.807, 2.05) is 13.8 Å². The van der Waals surface area contributed by atoms with E-state index in [9.17, 15) is 39.3 Å². The average molecular weight is 545 g/mol. The highest BCUT2D eigenvalue weighted by Crippen LogP contribution is 2.12. The zero-order valence-electron chi connectivity index (χ0n) is 21.4. The minimum absolute atomic E-state index is 0. The van der Waals surface area contributed by atoms with Crippen molar-refractivity contribution in [3.63, 3.8) is 0 Å². The first kappa shape index (κ1) is 33.6. The second kappa shape index (κ2) is 15.7. The number of carbonyl (C=O) groups is 5. The van der Waals surface area contributed by atoms with Crippen LogP contribution in [-0.2, 0) is 30.4 Å². The van der Waals surface area contributed by atoms with Gasteiger partial charge in [0, 0.05) is 6.42 Å². The van der Waals surface area contributed by atoms with Gasteiger partial charge < -0.3 is 49.4 Å². The molecule has 0 aromatic heterocycles. The van der Waals surface area contributed by atoms with Gasteiger partial charge in [0.1, 0.15) is 23.9 Å². The highest BCUT2D eigenvalue weighted by molar-refractivity contribution is 5.95. The van der Waals surface area contributed by atoms with Gasteiger partial charge in [-0.3, -0.25) is 19.2 Å². The first-order chi connectivity index (χ1) is 16.7. The second-order valence-electron chi connectivity index (χ2n) is 9.49. The number of aromatic hydroxyl groups is 1. The molecule has 0 aliphatic heterocycles. The third-order valence-electron chi connectivity index (χ3n) is 5.37. The molecule has 0 aliphatic carbocycles. The molecular weight excluding hydrogens is 508 g/mol. The summed E-state index contributed by atoms with van der Waals surface area (Å²) in [6.45, 7) is 6.80. The maximum atomic E-state index is 13.0. The van der Waals surface area contributed by atoms with E-state index >= 15 is 0 Å². The van der Waals surface area contributed by atoms with Crippen LogP contribution in [0.2, 0.25) is 0 Å². The molecule has 1 rings (SSSR count). The number of carboxylic acids is 2. The van der Waals surface area contributed by atoms with Crippen molar-refractivity contribution < 1.29 is 57.4 Å². The molecule has 0 unspecified atom stereocenters. The Kier molecular flexibility index (Phi) is 14.2. The van der Waals surface area contributed by atoms with Gasteiger partial charge >= 0.3 is 11.9 Å². The summed E-state index contributed by atoms with van der Waals surface area (Å²) in [5.41, 5.74) is 4.59. The van der Waals surface area contributed by atoms with Gasteiger partial charge in [0.05, 0.1) is 6.42 Å². The fraction of sp³-hybridized carbons (Fsp3) is 0.542. The first-order valence-corrected chi connectivity index (χ1v) is 11.7. The Labute approximate surface area is 221 Å². The number of quaternary nitrogens is 1. The number of phenolic OH excluding ortho intramolecular Hbond substituents is 1. The fourth-order valence-electron chi connectivity index (χ4n) is 3.43. The van der Waals surface area contributed by atoms with Gasteiger partial charge in [0.15, 0.2) is 6.04 Å². The fourth-order valence-corrected chi connectivity index (χ4v) is 3.43. The zero-order valence-corrected chi connectivity index (χ0v) is 22.1. The van der Waals surface area contributed by atoms with Crippen molar-refractivity contribution >= 4 is 29.7 Å². The van der Waals surface area contributed by atoms with E-state index in [-0.39, 0.29) is 36.9 Å². The molecule has 0 radical (unpaired) electrons. The molecule has 1 aromatic carbocycles. The van der Waals surface area contributed by atoms with Crippen LogP contribution in [-0.4, -0.2) is 69.1 Å². The highest BCUT2D eigenvalue weighted by atomic mass is 35.5. The van der Waals surface area contributed by atoms with Crippen molar-refractivity contribution in [2.24, 2.45) is 11.8 Å². The third kappa shape index (κ3) is 11.9. The van der Waals surface area contributed by atoms with Crippen LogP contribution in [0.4, 0.5) is 0 Å². The summed E-state index contributed by atoms with van der Waals surface area (Å²) in [5.74, 6) is -5.35. The van der Waals surface area contributed by atoms with Gasteiger partial charge in [0.2, 0.25) is 11.8 Å². The van der Waals surface area contributed by atoms with Gasteiger partial charge in [-0.1, -0.05) is 39.8 Å². The lowest BCUT2D eigenvalue weighted by molar-refractivity contribution is -0.403. The summed E-state index contributed by atoms with van der Waals surface area (Å²) in [6, 6.07) is 1.60. The molecule has 9 N–H and O–H groups in total. The van der Waals surface area contributed by atoms with Gasteiger partial charge in [-0.05, 0) is 36.0 Å². The van der Waals surface area contributed by atoms with E-state index < -0.39 is 66.2 Å². The topological polar surface area (TPSA) is 210 Å². The number of carboxylic acid groups (broad SMARTS) is 2. The quantitative estimate of drug-likeness (QED) is 0.123. The lowest BCUT2D eigenvalue weighted by atomic mass is 10.0. The normalized spacial score (nSPS) is 14.0. The molecule has 0 spiro atoms. The monoisotopic (exact) mass is 544 g/mol. The summed E-state index contributed by atoms with van der Waals surface area (Å²) in [5, 5.41) is 35.2. The van der Waals surface area contributed by atoms with Crippen LogP contribution in [0.3, 0.4) is 0 Å². The molecule has 0 aliphatic rings. The van der Waals surface area contributed by atoms with E-state index in [1.54, 1.807) is 26.0 Å². The van der Waals surface area contributed by atoms with Crippen molar-refractivity contribution in [2.75, 3.05) is 0 Å². The number of benzene rings is 1. The number of hydrogen-bond acceptors (Lipinski definition) is 6. The van der Waals surface area contributed by atoms with E-state index in [4.69, 9.17) is 0 Å². The Morgan fingerprint density at radius 3 is 1.81 bits per heavy atom. The molecule has 0 heterocycles. The molecule has 0 saturated carbocycles. The van der Waals surface area contributed by atoms with E-state index in [1.165, 1.54) is 12.1 Å². The summed E-state index contributed by atoms with van der Waals surface area (Å²) < 4.78 is 0. The number of halogens is 1. The molecule has 13 heteroatoms. The smallest absolute Gasteiger partial charge is 0.326 e. The number of hydrogen-bond donors (Lipinski definition) is 7. The number of aliphatic carboxylic acids is 2. The summed E-state index contributed by atoms with van der Waals surface area (Å²) in [7, 11) is 0. The number of amides is 3. The molecular formula is C24H37ClN4O8. The van der Waals surface area contributed by atoms with Crippen LogP contribution in [0.25, 0.3) is 0 Å². The van der Waals surface area contributed by atoms with E-state index in [0.717, 1.165) is 5.56 Å². The van der Waals surface area contributed by atoms with Crippen molar-refractivity contribution in [3.05, 3.63) is 29.8 Å². The predicted octanol–water partition coefficient (Wildman–Crippen LogP) is -3.73. The van der Waals surface area contributed by atoms with Crippen LogP contribution in [0.1, 0.15) is 46.1 Å². The number of nitrogens with one attached hydrogen (secondary N) is 3. The Morgan fingerprint density at radius 2 is 1.35 bits per heavy atom. The van der Waals surface area contributed by atoms with Crippen molar-refractivity contribution in [1.29, 1.82) is 0 Å². The van der Waals surface area contributed by atoms with Gasteiger partial charge in [0.25, 0.3) is 5.91 Å². The molecule has 0 bridgehead atoms. The van der Waals surface area contributed by atoms with E-state index in [0.29, 0.717) is 0 Å². The van der Waals surface area contributed by atoms with Crippen LogP contribution >= 0.6 is 0 Å². The molecule has 0 fully saturated rings. The van der Waals surface area contributed by atoms with E-state index in [2.05, 4.69) is 21.7 Å². The number of phenols is 1. The van der Waals surface area contributed by atoms with Gasteiger partial charge in [-0.15, -0.1) is 0 Å². The summed E-state index contributed by atoms with van der Waals surface area (Å²) >= 11 is 0. The first-order valence-electron chi connectivity index (χ1n) is 11.7. The molecule has 12 nitrogen and oxygen atoms in total. The summed E-state index contributed by atoms with van der Waals surface area (Å²) in [4.78, 5) is 61.2. The maximum absolute atomic E-state index is 13.0. The lowest BCUT2D eigenvalue weighted by Gasteiger charge is -2.25. The maximum Gasteiger partial charge on any atom is 0.326 e. The van der Waals surface area contributed by atoms with Crippen molar-refractivity contribution in [3.8, 4) is 5.75 Å². The highest BCUT2D eigenvalue weighted by Gasteiger charge is 2.33. The molecule has 208 valence electrons. The minimum Gasteiger partial charge on any atom is -1.00 e. The largest absolute Gasteiger partial charge is 1.00 e. The Hall–Kier alpha value is -3.38. The lowest BCUT2D eigenvalue weighted by Crippen LogP contribution is -3.00.